The monoisotopic (exact) mass is 426 g/mol. The van der Waals surface area contributed by atoms with Crippen molar-refractivity contribution in [2.24, 2.45) is 0 Å². The first-order valence-electron chi connectivity index (χ1n) is 9.89. The molecule has 2 aromatic heterocycles. The van der Waals surface area contributed by atoms with E-state index in [2.05, 4.69) is 12.1 Å². The van der Waals surface area contributed by atoms with Gasteiger partial charge in [0.15, 0.2) is 0 Å². The second-order valence-corrected chi connectivity index (χ2v) is 7.87. The fourth-order valence-electron chi connectivity index (χ4n) is 4.54. The summed E-state index contributed by atoms with van der Waals surface area (Å²) in [6.45, 7) is 0. The normalized spacial score (nSPS) is 13.2. The molecule has 0 spiro atoms. The van der Waals surface area contributed by atoms with Crippen LogP contribution in [-0.4, -0.2) is 9.49 Å². The van der Waals surface area contributed by atoms with E-state index >= 15 is 0 Å². The Balaban J connectivity index is 1.86. The molecule has 0 N–H and O–H groups in total. The molecule has 0 saturated carbocycles. The summed E-state index contributed by atoms with van der Waals surface area (Å²) in [6, 6.07) is 16.9. The van der Waals surface area contributed by atoms with Crippen molar-refractivity contribution in [1.82, 2.24) is 4.57 Å². The number of rotatable bonds is 2. The highest BCUT2D eigenvalue weighted by molar-refractivity contribution is 6.34. The number of nitro groups is 1. The van der Waals surface area contributed by atoms with Gasteiger partial charge in [0.25, 0.3) is 5.69 Å². The predicted molar refractivity (Wildman–Crippen MR) is 124 cm³/mol. The number of para-hydroxylation sites is 1. The topological polar surface area (TPSA) is 61.2 Å². The van der Waals surface area contributed by atoms with E-state index in [0.717, 1.165) is 50.5 Å². The number of aromatic nitrogens is 1. The summed E-state index contributed by atoms with van der Waals surface area (Å²) in [5, 5.41) is 14.7. The molecule has 0 aliphatic heterocycles. The lowest BCUT2D eigenvalue weighted by molar-refractivity contribution is -0.384. The van der Waals surface area contributed by atoms with Crippen LogP contribution in [-0.2, 0) is 6.42 Å². The minimum atomic E-state index is -0.448. The van der Waals surface area contributed by atoms with E-state index < -0.39 is 4.92 Å². The molecule has 6 heteroatoms. The number of nitro benzene ring substituents is 1. The first-order chi connectivity index (χ1) is 15.1. The van der Waals surface area contributed by atoms with Crippen LogP contribution in [0.3, 0.4) is 0 Å². The van der Waals surface area contributed by atoms with Gasteiger partial charge in [-0.05, 0) is 42.3 Å². The Labute approximate surface area is 181 Å². The summed E-state index contributed by atoms with van der Waals surface area (Å²) in [5.74, 6) is 0. The first-order valence-corrected chi connectivity index (χ1v) is 10.3. The number of fused-ring (bicyclic) bond motifs is 7. The van der Waals surface area contributed by atoms with E-state index in [4.69, 9.17) is 16.0 Å². The average molecular weight is 427 g/mol. The van der Waals surface area contributed by atoms with E-state index in [1.807, 2.05) is 59.2 Å². The number of allylic oxidation sites excluding steroid dienone is 3. The van der Waals surface area contributed by atoms with Crippen molar-refractivity contribution in [2.45, 2.75) is 6.42 Å². The fraction of sp³-hybridized carbons (Fsp3) is 0.0400. The van der Waals surface area contributed by atoms with Crippen molar-refractivity contribution in [3.8, 4) is 5.69 Å². The van der Waals surface area contributed by atoms with Gasteiger partial charge in [-0.3, -0.25) is 10.1 Å². The Morgan fingerprint density at radius 3 is 2.71 bits per heavy atom. The fourth-order valence-corrected chi connectivity index (χ4v) is 4.82. The molecular formula is C25H15ClN2O3. The zero-order valence-electron chi connectivity index (χ0n) is 16.2. The van der Waals surface area contributed by atoms with Crippen molar-refractivity contribution < 1.29 is 9.34 Å². The predicted octanol–water partition coefficient (Wildman–Crippen LogP) is 7.22. The van der Waals surface area contributed by atoms with E-state index in [0.29, 0.717) is 5.69 Å². The smallest absolute Gasteiger partial charge is 0.290 e. The van der Waals surface area contributed by atoms with E-state index in [1.165, 1.54) is 6.07 Å². The zero-order chi connectivity index (χ0) is 21.1. The summed E-state index contributed by atoms with van der Waals surface area (Å²) >= 11 is 6.60. The van der Waals surface area contributed by atoms with Crippen molar-refractivity contribution in [2.75, 3.05) is 0 Å². The molecule has 0 bridgehead atoms. The van der Waals surface area contributed by atoms with Gasteiger partial charge in [-0.2, -0.15) is 0 Å². The molecule has 5 nitrogen and oxygen atoms in total. The number of nitrogens with zero attached hydrogens (tertiary/aromatic N) is 2. The quantitative estimate of drug-likeness (QED) is 0.221. The Morgan fingerprint density at radius 1 is 0.968 bits per heavy atom. The molecule has 2 heterocycles. The van der Waals surface area contributed by atoms with Crippen LogP contribution in [0.15, 0.2) is 77.2 Å². The van der Waals surface area contributed by atoms with Gasteiger partial charge < -0.3 is 8.98 Å². The lowest BCUT2D eigenvalue weighted by Gasteiger charge is -2.12. The third-order valence-electron chi connectivity index (χ3n) is 5.83. The van der Waals surface area contributed by atoms with Gasteiger partial charge in [-0.1, -0.05) is 54.1 Å². The molecule has 0 fully saturated rings. The highest BCUT2D eigenvalue weighted by Crippen LogP contribution is 2.42. The molecule has 0 saturated heterocycles. The molecule has 0 radical (unpaired) electrons. The Hall–Kier alpha value is -3.83. The summed E-state index contributed by atoms with van der Waals surface area (Å²) in [5.41, 5.74) is 5.07. The number of hydrogen-bond donors (Lipinski definition) is 0. The Kier molecular flexibility index (Phi) is 3.82. The van der Waals surface area contributed by atoms with Crippen LogP contribution in [0.2, 0.25) is 5.02 Å². The molecule has 5 aromatic rings. The summed E-state index contributed by atoms with van der Waals surface area (Å²) in [6.07, 6.45) is 8.88. The highest BCUT2D eigenvalue weighted by atomic mass is 35.5. The van der Waals surface area contributed by atoms with Crippen molar-refractivity contribution in [1.29, 1.82) is 0 Å². The Morgan fingerprint density at radius 2 is 1.84 bits per heavy atom. The molecule has 1 aliphatic carbocycles. The largest absolute Gasteiger partial charge is 0.456 e. The molecule has 31 heavy (non-hydrogen) atoms. The third-order valence-corrected chi connectivity index (χ3v) is 6.22. The molecule has 0 unspecified atom stereocenters. The molecule has 0 amide bonds. The second-order valence-electron chi connectivity index (χ2n) is 7.49. The van der Waals surface area contributed by atoms with Gasteiger partial charge in [0.05, 0.1) is 27.2 Å². The average Bonchev–Trinajstić information content (AvgIpc) is 3.18. The molecule has 150 valence electrons. The molecule has 6 rings (SSSR count). The van der Waals surface area contributed by atoms with E-state index in [1.54, 1.807) is 6.07 Å². The van der Waals surface area contributed by atoms with Crippen molar-refractivity contribution in [3.05, 3.63) is 99.2 Å². The van der Waals surface area contributed by atoms with Crippen LogP contribution in [0.5, 0.6) is 0 Å². The summed E-state index contributed by atoms with van der Waals surface area (Å²) in [7, 11) is 0. The van der Waals surface area contributed by atoms with Gasteiger partial charge in [0, 0.05) is 16.8 Å². The van der Waals surface area contributed by atoms with Crippen LogP contribution >= 0.6 is 11.6 Å². The molecule has 0 atom stereocenters. The minimum Gasteiger partial charge on any atom is -0.456 e. The maximum Gasteiger partial charge on any atom is 0.290 e. The number of halogens is 1. The van der Waals surface area contributed by atoms with Gasteiger partial charge in [0.1, 0.15) is 16.2 Å². The van der Waals surface area contributed by atoms with Crippen LogP contribution in [0, 0.1) is 10.1 Å². The van der Waals surface area contributed by atoms with Crippen LogP contribution in [0.4, 0.5) is 5.69 Å². The third kappa shape index (κ3) is 2.50. The number of furan rings is 1. The maximum absolute atomic E-state index is 11.6. The Bertz CT molecular complexity index is 1600. The molecule has 1 aliphatic rings. The first kappa shape index (κ1) is 18.0. The molecule has 3 aromatic carbocycles. The van der Waals surface area contributed by atoms with Crippen LogP contribution in [0.25, 0.3) is 44.6 Å². The lowest BCUT2D eigenvalue weighted by Crippen LogP contribution is -2.01. The van der Waals surface area contributed by atoms with E-state index in [-0.39, 0.29) is 10.7 Å². The second kappa shape index (κ2) is 6.59. The minimum absolute atomic E-state index is 0.114. The van der Waals surface area contributed by atoms with Crippen LogP contribution < -0.4 is 0 Å². The lowest BCUT2D eigenvalue weighted by atomic mass is 10.0. The van der Waals surface area contributed by atoms with Gasteiger partial charge in [-0.15, -0.1) is 0 Å². The summed E-state index contributed by atoms with van der Waals surface area (Å²) < 4.78 is 8.15. The van der Waals surface area contributed by atoms with Gasteiger partial charge in [-0.25, -0.2) is 0 Å². The summed E-state index contributed by atoms with van der Waals surface area (Å²) in [4.78, 5) is 11.1. The maximum atomic E-state index is 11.6. The van der Waals surface area contributed by atoms with Crippen molar-refractivity contribution in [3.63, 3.8) is 0 Å². The highest BCUT2D eigenvalue weighted by Gasteiger charge is 2.25. The SMILES string of the molecule is O=[N+]([O-])c1cccc(-n2c3c(c4ccc5oc6ccccc6c5c42)CC=CC=C3)c1Cl. The zero-order valence-corrected chi connectivity index (χ0v) is 17.0. The standard InChI is InChI=1S/C25H15ClN2O3/c26-24-19(10-6-11-20(24)28(29)30)27-18-9-3-1-2-7-15(18)16-13-14-22-23(25(16)27)17-8-4-5-12-21(17)31-22/h1-6,8-14H,7H2. The van der Waals surface area contributed by atoms with Crippen LogP contribution in [0.1, 0.15) is 11.3 Å². The van der Waals surface area contributed by atoms with Crippen molar-refractivity contribution >= 4 is 56.2 Å². The van der Waals surface area contributed by atoms with Gasteiger partial charge in [0.2, 0.25) is 0 Å². The molecular weight excluding hydrogens is 412 g/mol. The number of hydrogen-bond acceptors (Lipinski definition) is 3. The van der Waals surface area contributed by atoms with Gasteiger partial charge >= 0.3 is 0 Å². The number of benzene rings is 3. The van der Waals surface area contributed by atoms with E-state index in [9.17, 15) is 10.1 Å².